The molecule has 0 saturated heterocycles. The monoisotopic (exact) mass is 324 g/mol. The Balaban J connectivity index is 1.76. The predicted molar refractivity (Wildman–Crippen MR) is 91.6 cm³/mol. The number of allylic oxidation sites excluding steroid dienone is 1. The second-order valence-electron chi connectivity index (χ2n) is 5.91. The third kappa shape index (κ3) is 3.59. The van der Waals surface area contributed by atoms with E-state index in [1.54, 1.807) is 18.3 Å². The molecule has 0 saturated carbocycles. The van der Waals surface area contributed by atoms with E-state index in [0.717, 1.165) is 19.3 Å². The lowest BCUT2D eigenvalue weighted by Gasteiger charge is -2.20. The molecule has 0 fully saturated rings. The number of hydrogen-bond acceptors (Lipinski definition) is 4. The van der Waals surface area contributed by atoms with Crippen molar-refractivity contribution in [3.05, 3.63) is 58.2 Å². The molecule has 1 amide bonds. The molecule has 0 aliphatic heterocycles. The van der Waals surface area contributed by atoms with E-state index >= 15 is 0 Å². The molecular weight excluding hydrogens is 304 g/mol. The standard InChI is InChI=1S/C18H20N4O2/c1-12(13-7-3-2-4-8-13)21-17(23)14-11-20-16(22-18(14)24)15-9-5-6-10-19-15/h5-7,9-12H,2-4,8H2,1H3,(H,21,23)(H,20,22,24)/t12-/m1/s1. The number of aromatic nitrogens is 3. The Hall–Kier alpha value is -2.76. The molecule has 2 aromatic heterocycles. The first-order chi connectivity index (χ1) is 11.6. The van der Waals surface area contributed by atoms with E-state index in [4.69, 9.17) is 0 Å². The molecule has 0 bridgehead atoms. The SMILES string of the molecule is C[C@@H](NC(=O)c1cnc(-c2ccccn2)[nH]c1=O)C1=CCCCC1. The van der Waals surface area contributed by atoms with Gasteiger partial charge >= 0.3 is 0 Å². The van der Waals surface area contributed by atoms with Crippen LogP contribution in [0.1, 0.15) is 43.0 Å². The molecule has 124 valence electrons. The highest BCUT2D eigenvalue weighted by Crippen LogP contribution is 2.20. The summed E-state index contributed by atoms with van der Waals surface area (Å²) in [4.78, 5) is 35.5. The second-order valence-corrected chi connectivity index (χ2v) is 5.91. The summed E-state index contributed by atoms with van der Waals surface area (Å²) in [5.41, 5.74) is 1.33. The van der Waals surface area contributed by atoms with Crippen LogP contribution in [0.3, 0.4) is 0 Å². The lowest BCUT2D eigenvalue weighted by atomic mass is 9.94. The Labute approximate surface area is 140 Å². The first kappa shape index (κ1) is 16.1. The third-order valence-electron chi connectivity index (χ3n) is 4.18. The van der Waals surface area contributed by atoms with Gasteiger partial charge in [0.15, 0.2) is 5.82 Å². The van der Waals surface area contributed by atoms with Gasteiger partial charge in [0.25, 0.3) is 11.5 Å². The fourth-order valence-corrected chi connectivity index (χ4v) is 2.81. The van der Waals surface area contributed by atoms with Crippen LogP contribution in [0.4, 0.5) is 0 Å². The van der Waals surface area contributed by atoms with Crippen LogP contribution in [-0.4, -0.2) is 26.9 Å². The highest BCUT2D eigenvalue weighted by molar-refractivity contribution is 5.94. The fraction of sp³-hybridized carbons (Fsp3) is 0.333. The minimum absolute atomic E-state index is 0.0120. The normalized spacial score (nSPS) is 15.5. The molecule has 1 aliphatic carbocycles. The molecule has 6 nitrogen and oxygen atoms in total. The lowest BCUT2D eigenvalue weighted by molar-refractivity contribution is 0.0942. The average molecular weight is 324 g/mol. The second kappa shape index (κ2) is 7.21. The molecule has 1 atom stereocenters. The van der Waals surface area contributed by atoms with Gasteiger partial charge in [0.2, 0.25) is 0 Å². The van der Waals surface area contributed by atoms with Gasteiger partial charge in [-0.25, -0.2) is 4.98 Å². The van der Waals surface area contributed by atoms with Crippen molar-refractivity contribution in [2.45, 2.75) is 38.6 Å². The predicted octanol–water partition coefficient (Wildman–Crippen LogP) is 2.45. The summed E-state index contributed by atoms with van der Waals surface area (Å²) in [5, 5.41) is 2.88. The van der Waals surface area contributed by atoms with Crippen molar-refractivity contribution in [1.82, 2.24) is 20.3 Å². The zero-order valence-corrected chi connectivity index (χ0v) is 13.6. The summed E-state index contributed by atoms with van der Waals surface area (Å²) in [7, 11) is 0. The highest BCUT2D eigenvalue weighted by atomic mass is 16.2. The smallest absolute Gasteiger partial charge is 0.264 e. The number of rotatable bonds is 4. The van der Waals surface area contributed by atoms with Crippen molar-refractivity contribution in [1.29, 1.82) is 0 Å². The van der Waals surface area contributed by atoms with Crippen LogP contribution in [-0.2, 0) is 0 Å². The summed E-state index contributed by atoms with van der Waals surface area (Å²) in [6.07, 6.45) is 9.50. The zero-order valence-electron chi connectivity index (χ0n) is 13.6. The Morgan fingerprint density at radius 3 is 2.83 bits per heavy atom. The minimum atomic E-state index is -0.465. The summed E-state index contributed by atoms with van der Waals surface area (Å²) in [6, 6.07) is 5.26. The Bertz CT molecular complexity index is 811. The van der Waals surface area contributed by atoms with Gasteiger partial charge in [-0.1, -0.05) is 17.7 Å². The molecule has 0 radical (unpaired) electrons. The molecule has 2 heterocycles. The maximum atomic E-state index is 12.4. The molecule has 2 N–H and O–H groups in total. The zero-order chi connectivity index (χ0) is 16.9. The summed E-state index contributed by atoms with van der Waals surface area (Å²) in [5.74, 6) is -0.0597. The van der Waals surface area contributed by atoms with Crippen LogP contribution < -0.4 is 10.9 Å². The van der Waals surface area contributed by atoms with E-state index in [1.807, 2.05) is 13.0 Å². The summed E-state index contributed by atoms with van der Waals surface area (Å²) < 4.78 is 0. The van der Waals surface area contributed by atoms with E-state index in [0.29, 0.717) is 11.5 Å². The van der Waals surface area contributed by atoms with Crippen LogP contribution in [0.15, 0.2) is 47.0 Å². The fourth-order valence-electron chi connectivity index (χ4n) is 2.81. The molecule has 1 aliphatic rings. The van der Waals surface area contributed by atoms with Crippen LogP contribution in [0, 0.1) is 0 Å². The van der Waals surface area contributed by atoms with Crippen molar-refractivity contribution in [3.63, 3.8) is 0 Å². The van der Waals surface area contributed by atoms with E-state index in [2.05, 4.69) is 26.3 Å². The third-order valence-corrected chi connectivity index (χ3v) is 4.18. The quantitative estimate of drug-likeness (QED) is 0.846. The van der Waals surface area contributed by atoms with Crippen molar-refractivity contribution in [2.75, 3.05) is 0 Å². The van der Waals surface area contributed by atoms with Crippen LogP contribution in [0.25, 0.3) is 11.5 Å². The number of amides is 1. The van der Waals surface area contributed by atoms with E-state index in [9.17, 15) is 9.59 Å². The number of H-pyrrole nitrogens is 1. The highest BCUT2D eigenvalue weighted by Gasteiger charge is 2.18. The van der Waals surface area contributed by atoms with Gasteiger partial charge in [0.05, 0.1) is 0 Å². The molecular formula is C18H20N4O2. The Kier molecular flexibility index (Phi) is 4.84. The van der Waals surface area contributed by atoms with Gasteiger partial charge in [-0.05, 0) is 44.7 Å². The van der Waals surface area contributed by atoms with Crippen LogP contribution in [0.2, 0.25) is 0 Å². The van der Waals surface area contributed by atoms with Gasteiger partial charge in [0.1, 0.15) is 11.3 Å². The Morgan fingerprint density at radius 1 is 1.29 bits per heavy atom. The number of carbonyl (C=O) groups excluding carboxylic acids is 1. The van der Waals surface area contributed by atoms with Crippen molar-refractivity contribution in [3.8, 4) is 11.5 Å². The van der Waals surface area contributed by atoms with Crippen molar-refractivity contribution in [2.24, 2.45) is 0 Å². The minimum Gasteiger partial charge on any atom is -0.346 e. The maximum Gasteiger partial charge on any atom is 0.264 e. The number of pyridine rings is 1. The molecule has 6 heteroatoms. The molecule has 0 spiro atoms. The van der Waals surface area contributed by atoms with Gasteiger partial charge < -0.3 is 10.3 Å². The van der Waals surface area contributed by atoms with Gasteiger partial charge in [-0.15, -0.1) is 0 Å². The molecule has 2 aromatic rings. The van der Waals surface area contributed by atoms with Gasteiger partial charge in [-0.2, -0.15) is 0 Å². The van der Waals surface area contributed by atoms with E-state index in [-0.39, 0.29) is 11.6 Å². The van der Waals surface area contributed by atoms with Gasteiger partial charge in [-0.3, -0.25) is 14.6 Å². The number of nitrogens with one attached hydrogen (secondary N) is 2. The lowest BCUT2D eigenvalue weighted by Crippen LogP contribution is -2.37. The van der Waals surface area contributed by atoms with Crippen LogP contribution in [0.5, 0.6) is 0 Å². The topological polar surface area (TPSA) is 87.7 Å². The summed E-state index contributed by atoms with van der Waals surface area (Å²) >= 11 is 0. The number of aromatic amines is 1. The number of nitrogens with zero attached hydrogens (tertiary/aromatic N) is 2. The van der Waals surface area contributed by atoms with E-state index in [1.165, 1.54) is 18.2 Å². The first-order valence-electron chi connectivity index (χ1n) is 8.15. The van der Waals surface area contributed by atoms with Crippen molar-refractivity contribution >= 4 is 5.91 Å². The van der Waals surface area contributed by atoms with Crippen molar-refractivity contribution < 1.29 is 4.79 Å². The largest absolute Gasteiger partial charge is 0.346 e. The first-order valence-corrected chi connectivity index (χ1v) is 8.15. The maximum absolute atomic E-state index is 12.4. The average Bonchev–Trinajstić information content (AvgIpc) is 2.63. The molecule has 0 aromatic carbocycles. The van der Waals surface area contributed by atoms with Crippen LogP contribution >= 0.6 is 0 Å². The molecule has 24 heavy (non-hydrogen) atoms. The number of hydrogen-bond donors (Lipinski definition) is 2. The molecule has 3 rings (SSSR count). The Morgan fingerprint density at radius 2 is 2.17 bits per heavy atom. The van der Waals surface area contributed by atoms with Gasteiger partial charge in [0, 0.05) is 18.4 Å². The number of carbonyl (C=O) groups is 1. The van der Waals surface area contributed by atoms with E-state index < -0.39 is 11.5 Å². The molecule has 0 unspecified atom stereocenters. The summed E-state index contributed by atoms with van der Waals surface area (Å²) in [6.45, 7) is 1.94.